The van der Waals surface area contributed by atoms with Crippen molar-refractivity contribution in [3.05, 3.63) is 52.6 Å². The zero-order valence-electron chi connectivity index (χ0n) is 14.4. The van der Waals surface area contributed by atoms with Gasteiger partial charge in [0.1, 0.15) is 11.9 Å². The molecule has 1 aromatic rings. The number of carbonyl (C=O) groups is 2. The standard InChI is InChI=1S/C20H18O6/c1-18(24)8-10-6-7-19-17(23)14-11(4-3-5-13(14)25-2)16(22)20(19,26-19)15(10)12(21)9-18/h3-7,17,23-24H,8-9H2,1-2H3/t17-,18-,19+,20-/m0/s1. The number of allylic oxidation sites excluding steroid dienone is 1. The molecular formula is C20H18O6. The van der Waals surface area contributed by atoms with Crippen LogP contribution in [0.1, 0.15) is 41.8 Å². The first-order chi connectivity index (χ1) is 12.3. The lowest BCUT2D eigenvalue weighted by Gasteiger charge is -2.37. The van der Waals surface area contributed by atoms with Crippen LogP contribution >= 0.6 is 0 Å². The van der Waals surface area contributed by atoms with Crippen LogP contribution in [-0.2, 0) is 9.53 Å². The van der Waals surface area contributed by atoms with Gasteiger partial charge in [0, 0.05) is 29.5 Å². The highest BCUT2D eigenvalue weighted by molar-refractivity contribution is 6.19. The molecule has 134 valence electrons. The summed E-state index contributed by atoms with van der Waals surface area (Å²) in [6.45, 7) is 1.60. The summed E-state index contributed by atoms with van der Waals surface area (Å²) in [6, 6.07) is 4.98. The highest BCUT2D eigenvalue weighted by Crippen LogP contribution is 2.68. The van der Waals surface area contributed by atoms with Gasteiger partial charge in [-0.05, 0) is 24.6 Å². The summed E-state index contributed by atoms with van der Waals surface area (Å²) >= 11 is 0. The molecule has 6 heteroatoms. The number of aliphatic hydroxyl groups is 2. The molecule has 1 saturated heterocycles. The molecule has 1 heterocycles. The molecule has 1 aliphatic heterocycles. The average molecular weight is 354 g/mol. The van der Waals surface area contributed by atoms with Gasteiger partial charge in [0.15, 0.2) is 17.0 Å². The predicted octanol–water partition coefficient (Wildman–Crippen LogP) is 1.41. The van der Waals surface area contributed by atoms with E-state index in [0.717, 1.165) is 0 Å². The number of hydrogen-bond acceptors (Lipinski definition) is 6. The van der Waals surface area contributed by atoms with Crippen molar-refractivity contribution in [2.24, 2.45) is 0 Å². The van der Waals surface area contributed by atoms with Crippen molar-refractivity contribution in [2.75, 3.05) is 7.11 Å². The third-order valence-electron chi connectivity index (χ3n) is 5.96. The molecule has 0 unspecified atom stereocenters. The number of ketones is 2. The number of carbonyl (C=O) groups excluding carboxylic acids is 2. The minimum atomic E-state index is -1.50. The van der Waals surface area contributed by atoms with Gasteiger partial charge in [-0.15, -0.1) is 0 Å². The van der Waals surface area contributed by atoms with E-state index in [2.05, 4.69) is 0 Å². The van der Waals surface area contributed by atoms with Crippen molar-refractivity contribution in [1.82, 2.24) is 0 Å². The summed E-state index contributed by atoms with van der Waals surface area (Å²) in [6.07, 6.45) is 2.41. The Balaban J connectivity index is 1.75. The van der Waals surface area contributed by atoms with Crippen LogP contribution in [0.2, 0.25) is 0 Å². The fraction of sp³-hybridized carbons (Fsp3) is 0.400. The normalized spacial score (nSPS) is 39.8. The van der Waals surface area contributed by atoms with E-state index in [4.69, 9.17) is 9.47 Å². The van der Waals surface area contributed by atoms with Crippen molar-refractivity contribution in [3.8, 4) is 5.75 Å². The van der Waals surface area contributed by atoms with Gasteiger partial charge in [-0.3, -0.25) is 9.59 Å². The van der Waals surface area contributed by atoms with Crippen LogP contribution in [0.25, 0.3) is 0 Å². The zero-order chi connectivity index (χ0) is 18.5. The minimum absolute atomic E-state index is 0.0742. The topological polar surface area (TPSA) is 96.4 Å². The van der Waals surface area contributed by atoms with E-state index in [9.17, 15) is 19.8 Å². The molecule has 4 aliphatic rings. The summed E-state index contributed by atoms with van der Waals surface area (Å²) in [4.78, 5) is 26.2. The number of benzene rings is 1. The SMILES string of the molecule is COc1cccc2c1[C@H](O)[C@]13C=CC4=C(C(=O)C[C@@](C)(O)C4)[C@]1(O3)C2=O. The number of rotatable bonds is 1. The Morgan fingerprint density at radius 1 is 1.27 bits per heavy atom. The maximum atomic E-state index is 13.4. The third-order valence-corrected chi connectivity index (χ3v) is 5.96. The number of ether oxygens (including phenoxy) is 2. The van der Waals surface area contributed by atoms with Gasteiger partial charge in [0.2, 0.25) is 5.78 Å². The van der Waals surface area contributed by atoms with E-state index < -0.39 is 22.9 Å². The second kappa shape index (κ2) is 4.52. The first-order valence-electron chi connectivity index (χ1n) is 8.56. The Kier molecular flexibility index (Phi) is 2.77. The fourth-order valence-corrected chi connectivity index (χ4v) is 4.87. The predicted molar refractivity (Wildman–Crippen MR) is 89.9 cm³/mol. The highest BCUT2D eigenvalue weighted by atomic mass is 16.6. The average Bonchev–Trinajstić information content (AvgIpc) is 3.30. The number of hydrogen-bond donors (Lipinski definition) is 2. The molecule has 0 radical (unpaired) electrons. The van der Waals surface area contributed by atoms with E-state index in [0.29, 0.717) is 22.4 Å². The van der Waals surface area contributed by atoms with Gasteiger partial charge >= 0.3 is 0 Å². The molecule has 2 N–H and O–H groups in total. The molecule has 1 fully saturated rings. The quantitative estimate of drug-likeness (QED) is 0.741. The van der Waals surface area contributed by atoms with Crippen molar-refractivity contribution in [2.45, 2.75) is 42.7 Å². The fourth-order valence-electron chi connectivity index (χ4n) is 4.87. The van der Waals surface area contributed by atoms with Gasteiger partial charge in [-0.25, -0.2) is 0 Å². The summed E-state index contributed by atoms with van der Waals surface area (Å²) in [5, 5.41) is 21.4. The first-order valence-corrected chi connectivity index (χ1v) is 8.56. The summed E-state index contributed by atoms with van der Waals surface area (Å²) < 4.78 is 11.2. The van der Waals surface area contributed by atoms with Gasteiger partial charge in [0.05, 0.1) is 12.7 Å². The molecule has 0 saturated carbocycles. The Labute approximate surface area is 149 Å². The van der Waals surface area contributed by atoms with Crippen molar-refractivity contribution < 1.29 is 29.3 Å². The lowest BCUT2D eigenvalue weighted by Crippen LogP contribution is -2.50. The second-order valence-corrected chi connectivity index (χ2v) is 7.74. The molecular weight excluding hydrogens is 336 g/mol. The monoisotopic (exact) mass is 354 g/mol. The minimum Gasteiger partial charge on any atom is -0.496 e. The Morgan fingerprint density at radius 3 is 2.77 bits per heavy atom. The smallest absolute Gasteiger partial charge is 0.203 e. The molecule has 0 bridgehead atoms. The summed E-state index contributed by atoms with van der Waals surface area (Å²) in [5.74, 6) is -0.245. The number of epoxide rings is 1. The van der Waals surface area contributed by atoms with Crippen LogP contribution in [0.3, 0.4) is 0 Å². The number of methoxy groups -OCH3 is 1. The summed E-state index contributed by atoms with van der Waals surface area (Å²) in [5.41, 5.74) is -2.36. The molecule has 0 aromatic heterocycles. The molecule has 0 spiro atoms. The number of aliphatic hydroxyl groups excluding tert-OH is 1. The van der Waals surface area contributed by atoms with Crippen LogP contribution in [0.15, 0.2) is 41.5 Å². The Bertz CT molecular complexity index is 955. The van der Waals surface area contributed by atoms with E-state index >= 15 is 0 Å². The van der Waals surface area contributed by atoms with Crippen LogP contribution in [0, 0.1) is 0 Å². The van der Waals surface area contributed by atoms with Crippen LogP contribution in [0.5, 0.6) is 5.75 Å². The highest BCUT2D eigenvalue weighted by Gasteiger charge is 2.83. The molecule has 0 amide bonds. The first kappa shape index (κ1) is 15.9. The van der Waals surface area contributed by atoms with E-state index in [-0.39, 0.29) is 30.0 Å². The van der Waals surface area contributed by atoms with Crippen LogP contribution < -0.4 is 4.74 Å². The number of Topliss-reactive ketones (excluding diaryl/α,β-unsaturated/α-hetero) is 2. The molecule has 26 heavy (non-hydrogen) atoms. The van der Waals surface area contributed by atoms with Crippen molar-refractivity contribution in [3.63, 3.8) is 0 Å². The Hall–Kier alpha value is -2.28. The lowest BCUT2D eigenvalue weighted by molar-refractivity contribution is -0.121. The van der Waals surface area contributed by atoms with E-state index in [1.54, 1.807) is 37.3 Å². The molecule has 6 nitrogen and oxygen atoms in total. The maximum absolute atomic E-state index is 13.4. The third kappa shape index (κ3) is 1.58. The van der Waals surface area contributed by atoms with Crippen molar-refractivity contribution in [1.29, 1.82) is 0 Å². The zero-order valence-corrected chi connectivity index (χ0v) is 14.4. The summed E-state index contributed by atoms with van der Waals surface area (Å²) in [7, 11) is 1.48. The lowest BCUT2D eigenvalue weighted by atomic mass is 9.62. The second-order valence-electron chi connectivity index (χ2n) is 7.74. The van der Waals surface area contributed by atoms with Gasteiger partial charge < -0.3 is 19.7 Å². The molecule has 3 aliphatic carbocycles. The van der Waals surface area contributed by atoms with Gasteiger partial charge in [-0.2, -0.15) is 0 Å². The molecule has 5 rings (SSSR count). The molecule has 1 aromatic carbocycles. The maximum Gasteiger partial charge on any atom is 0.203 e. The van der Waals surface area contributed by atoms with E-state index in [1.807, 2.05) is 0 Å². The van der Waals surface area contributed by atoms with Gasteiger partial charge in [0.25, 0.3) is 0 Å². The van der Waals surface area contributed by atoms with Gasteiger partial charge in [-0.1, -0.05) is 18.2 Å². The van der Waals surface area contributed by atoms with Crippen molar-refractivity contribution >= 4 is 11.6 Å². The number of fused-ring (bicyclic) bond motifs is 1. The van der Waals surface area contributed by atoms with Crippen LogP contribution in [-0.4, -0.2) is 45.7 Å². The van der Waals surface area contributed by atoms with E-state index in [1.165, 1.54) is 7.11 Å². The Morgan fingerprint density at radius 2 is 2.04 bits per heavy atom. The van der Waals surface area contributed by atoms with Crippen LogP contribution in [0.4, 0.5) is 0 Å². The largest absolute Gasteiger partial charge is 0.496 e. The molecule has 4 atom stereocenters.